The first-order valence-corrected chi connectivity index (χ1v) is 9.00. The molecule has 1 saturated heterocycles. The molecule has 1 N–H and O–H groups in total. The Morgan fingerprint density at radius 3 is 2.36 bits per heavy atom. The third kappa shape index (κ3) is 5.37. The summed E-state index contributed by atoms with van der Waals surface area (Å²) in [5.41, 5.74) is 0.880. The van der Waals surface area contributed by atoms with Gasteiger partial charge in [0.1, 0.15) is 11.8 Å². The molecule has 6 nitrogen and oxygen atoms in total. The van der Waals surface area contributed by atoms with Gasteiger partial charge in [-0.2, -0.15) is 0 Å². The first-order chi connectivity index (χ1) is 12.0. The van der Waals surface area contributed by atoms with Gasteiger partial charge in [0.05, 0.1) is 19.1 Å². The van der Waals surface area contributed by atoms with Gasteiger partial charge >= 0.3 is 5.97 Å². The van der Waals surface area contributed by atoms with Crippen LogP contribution in [0.4, 0.5) is 5.69 Å². The largest absolute Gasteiger partial charge is 0.494 e. The van der Waals surface area contributed by atoms with E-state index in [2.05, 4.69) is 5.32 Å². The zero-order chi connectivity index (χ0) is 18.2. The van der Waals surface area contributed by atoms with Crippen molar-refractivity contribution in [3.05, 3.63) is 24.3 Å². The summed E-state index contributed by atoms with van der Waals surface area (Å²) in [6.45, 7) is 7.83. The molecule has 138 valence electrons. The number of likely N-dealkylation sites (tertiary alicyclic amines) is 1. The normalized spacial score (nSPS) is 16.2. The van der Waals surface area contributed by atoms with E-state index in [1.165, 1.54) is 0 Å². The standard InChI is InChI=1S/C19H28N2O4/c1-4-24-17-8-6-16(7-9-17)20-14(3)18(22)21-12-10-15(11-13-21)19(23)25-5-2/h6-9,14-15,20H,4-5,10-13H2,1-3H3. The average Bonchev–Trinajstić information content (AvgIpc) is 2.63. The number of hydrogen-bond donors (Lipinski definition) is 1. The number of nitrogens with one attached hydrogen (secondary N) is 1. The molecule has 1 aliphatic rings. The van der Waals surface area contributed by atoms with Gasteiger partial charge in [0.25, 0.3) is 0 Å². The van der Waals surface area contributed by atoms with Crippen LogP contribution in [-0.2, 0) is 14.3 Å². The number of carbonyl (C=O) groups is 2. The minimum atomic E-state index is -0.322. The minimum Gasteiger partial charge on any atom is -0.494 e. The van der Waals surface area contributed by atoms with Crippen LogP contribution in [0.15, 0.2) is 24.3 Å². The molecule has 0 aromatic heterocycles. The van der Waals surface area contributed by atoms with Crippen molar-refractivity contribution in [1.82, 2.24) is 4.90 Å². The van der Waals surface area contributed by atoms with Crippen LogP contribution in [0.2, 0.25) is 0 Å². The van der Waals surface area contributed by atoms with Crippen molar-refractivity contribution in [2.45, 2.75) is 39.7 Å². The molecular formula is C19H28N2O4. The van der Waals surface area contributed by atoms with E-state index in [4.69, 9.17) is 9.47 Å². The van der Waals surface area contributed by atoms with E-state index in [0.29, 0.717) is 39.1 Å². The van der Waals surface area contributed by atoms with Crippen LogP contribution >= 0.6 is 0 Å². The molecule has 1 amide bonds. The Hall–Kier alpha value is -2.24. The monoisotopic (exact) mass is 348 g/mol. The average molecular weight is 348 g/mol. The van der Waals surface area contributed by atoms with Gasteiger partial charge in [0.15, 0.2) is 0 Å². The lowest BCUT2D eigenvalue weighted by Gasteiger charge is -2.33. The lowest BCUT2D eigenvalue weighted by Crippen LogP contribution is -2.46. The summed E-state index contributed by atoms with van der Waals surface area (Å²) in [4.78, 5) is 26.2. The predicted molar refractivity (Wildman–Crippen MR) is 96.6 cm³/mol. The summed E-state index contributed by atoms with van der Waals surface area (Å²) < 4.78 is 10.5. The Balaban J connectivity index is 1.83. The lowest BCUT2D eigenvalue weighted by molar-refractivity contribution is -0.151. The number of hydrogen-bond acceptors (Lipinski definition) is 5. The number of benzene rings is 1. The maximum absolute atomic E-state index is 12.6. The highest BCUT2D eigenvalue weighted by molar-refractivity contribution is 5.84. The van der Waals surface area contributed by atoms with E-state index >= 15 is 0 Å². The highest BCUT2D eigenvalue weighted by Gasteiger charge is 2.29. The van der Waals surface area contributed by atoms with Crippen molar-refractivity contribution < 1.29 is 19.1 Å². The molecular weight excluding hydrogens is 320 g/mol. The molecule has 1 heterocycles. The molecule has 0 saturated carbocycles. The van der Waals surface area contributed by atoms with Crippen LogP contribution in [0.3, 0.4) is 0 Å². The molecule has 1 aromatic rings. The smallest absolute Gasteiger partial charge is 0.309 e. The second-order valence-electron chi connectivity index (χ2n) is 6.18. The zero-order valence-corrected chi connectivity index (χ0v) is 15.3. The molecule has 1 unspecified atom stereocenters. The summed E-state index contributed by atoms with van der Waals surface area (Å²) in [7, 11) is 0. The summed E-state index contributed by atoms with van der Waals surface area (Å²) in [6.07, 6.45) is 1.33. The third-order valence-corrected chi connectivity index (χ3v) is 4.35. The molecule has 0 bridgehead atoms. The van der Waals surface area contributed by atoms with Gasteiger partial charge in [0, 0.05) is 18.8 Å². The van der Waals surface area contributed by atoms with E-state index in [9.17, 15) is 9.59 Å². The minimum absolute atomic E-state index is 0.0520. The van der Waals surface area contributed by atoms with Crippen LogP contribution < -0.4 is 10.1 Å². The van der Waals surface area contributed by atoms with E-state index in [1.54, 1.807) is 0 Å². The number of nitrogens with zero attached hydrogens (tertiary/aromatic N) is 1. The first-order valence-electron chi connectivity index (χ1n) is 9.00. The summed E-state index contributed by atoms with van der Waals surface area (Å²) >= 11 is 0. The molecule has 1 atom stereocenters. The number of amides is 1. The number of piperidine rings is 1. The van der Waals surface area contributed by atoms with Gasteiger partial charge in [0.2, 0.25) is 5.91 Å². The number of esters is 1. The Kier molecular flexibility index (Phi) is 7.10. The molecule has 1 aromatic carbocycles. The van der Waals surface area contributed by atoms with E-state index in [1.807, 2.05) is 49.9 Å². The Morgan fingerprint density at radius 1 is 1.16 bits per heavy atom. The van der Waals surface area contributed by atoms with Crippen molar-refractivity contribution in [1.29, 1.82) is 0 Å². The maximum Gasteiger partial charge on any atom is 0.309 e. The van der Waals surface area contributed by atoms with Gasteiger partial charge in [-0.25, -0.2) is 0 Å². The number of carbonyl (C=O) groups excluding carboxylic acids is 2. The molecule has 6 heteroatoms. The van der Waals surface area contributed by atoms with Crippen LogP contribution in [0.25, 0.3) is 0 Å². The highest BCUT2D eigenvalue weighted by atomic mass is 16.5. The van der Waals surface area contributed by atoms with Crippen molar-refractivity contribution in [3.8, 4) is 5.75 Å². The Labute approximate surface area is 149 Å². The van der Waals surface area contributed by atoms with Crippen LogP contribution in [-0.4, -0.2) is 49.1 Å². The van der Waals surface area contributed by atoms with Gasteiger partial charge in [-0.1, -0.05) is 0 Å². The number of anilines is 1. The van der Waals surface area contributed by atoms with Crippen molar-refractivity contribution in [2.24, 2.45) is 5.92 Å². The fraction of sp³-hybridized carbons (Fsp3) is 0.579. The molecule has 1 aliphatic heterocycles. The molecule has 0 aliphatic carbocycles. The topological polar surface area (TPSA) is 67.9 Å². The van der Waals surface area contributed by atoms with Crippen LogP contribution in [0, 0.1) is 5.92 Å². The summed E-state index contributed by atoms with van der Waals surface area (Å²) in [5, 5.41) is 3.22. The van der Waals surface area contributed by atoms with E-state index in [0.717, 1.165) is 11.4 Å². The van der Waals surface area contributed by atoms with Crippen molar-refractivity contribution in [3.63, 3.8) is 0 Å². The molecule has 1 fully saturated rings. The molecule has 2 rings (SSSR count). The molecule has 0 radical (unpaired) electrons. The Morgan fingerprint density at radius 2 is 1.80 bits per heavy atom. The molecule has 0 spiro atoms. The van der Waals surface area contributed by atoms with Gasteiger partial charge < -0.3 is 19.7 Å². The SMILES string of the molecule is CCOC(=O)C1CCN(C(=O)C(C)Nc2ccc(OCC)cc2)CC1. The van der Waals surface area contributed by atoms with E-state index in [-0.39, 0.29) is 23.8 Å². The summed E-state index contributed by atoms with van der Waals surface area (Å²) in [5.74, 6) is 0.637. The molecule has 25 heavy (non-hydrogen) atoms. The van der Waals surface area contributed by atoms with E-state index < -0.39 is 0 Å². The fourth-order valence-electron chi connectivity index (χ4n) is 3.00. The highest BCUT2D eigenvalue weighted by Crippen LogP contribution is 2.21. The number of rotatable bonds is 7. The van der Waals surface area contributed by atoms with Gasteiger partial charge in [-0.15, -0.1) is 0 Å². The first kappa shape index (κ1) is 19.1. The zero-order valence-electron chi connectivity index (χ0n) is 15.3. The quantitative estimate of drug-likeness (QED) is 0.768. The Bertz CT molecular complexity index is 565. The maximum atomic E-state index is 12.6. The van der Waals surface area contributed by atoms with Gasteiger partial charge in [-0.3, -0.25) is 9.59 Å². The number of ether oxygens (including phenoxy) is 2. The van der Waals surface area contributed by atoms with Gasteiger partial charge in [-0.05, 0) is 57.9 Å². The van der Waals surface area contributed by atoms with Crippen molar-refractivity contribution >= 4 is 17.6 Å². The van der Waals surface area contributed by atoms with Crippen LogP contribution in [0.1, 0.15) is 33.6 Å². The fourth-order valence-corrected chi connectivity index (χ4v) is 3.00. The summed E-state index contributed by atoms with van der Waals surface area (Å²) in [6, 6.07) is 7.25. The third-order valence-electron chi connectivity index (χ3n) is 4.35. The lowest BCUT2D eigenvalue weighted by atomic mass is 9.96. The predicted octanol–water partition coefficient (Wildman–Crippen LogP) is 2.69. The van der Waals surface area contributed by atoms with Crippen LogP contribution in [0.5, 0.6) is 5.75 Å². The second kappa shape index (κ2) is 9.30. The van der Waals surface area contributed by atoms with Crippen molar-refractivity contribution in [2.75, 3.05) is 31.6 Å². The second-order valence-corrected chi connectivity index (χ2v) is 6.18.